The molecule has 0 unspecified atom stereocenters. The molecule has 0 radical (unpaired) electrons. The van der Waals surface area contributed by atoms with Gasteiger partial charge in [0.05, 0.1) is 47.9 Å². The molecule has 1 aromatic rings. The molecule has 1 N–H and O–H groups in total. The maximum Gasteiger partial charge on any atom is 0.339 e. The monoisotopic (exact) mass is 363 g/mol. The summed E-state index contributed by atoms with van der Waals surface area (Å²) >= 11 is 5.99. The Morgan fingerprint density at radius 3 is 2.84 bits per heavy atom. The van der Waals surface area contributed by atoms with E-state index in [0.29, 0.717) is 0 Å². The molecule has 0 aromatic heterocycles. The first-order valence-electron chi connectivity index (χ1n) is 7.67. The number of aliphatic hydroxyl groups excluding tert-OH is 1. The Morgan fingerprint density at radius 1 is 1.40 bits per heavy atom. The molecule has 3 aliphatic heterocycles. The molecule has 0 spiro atoms. The highest BCUT2D eigenvalue weighted by atomic mass is 35.5. The Labute approximate surface area is 147 Å². The average Bonchev–Trinajstić information content (AvgIpc) is 3.26. The van der Waals surface area contributed by atoms with E-state index in [2.05, 4.69) is 4.74 Å². The van der Waals surface area contributed by atoms with E-state index in [-0.39, 0.29) is 22.9 Å². The first-order chi connectivity index (χ1) is 11.9. The fourth-order valence-electron chi connectivity index (χ4n) is 3.86. The predicted octanol–water partition coefficient (Wildman–Crippen LogP) is 0.932. The van der Waals surface area contributed by atoms with Gasteiger partial charge in [-0.15, -0.1) is 0 Å². The maximum absolute atomic E-state index is 12.9. The van der Waals surface area contributed by atoms with Crippen LogP contribution in [0.25, 0.3) is 0 Å². The highest BCUT2D eigenvalue weighted by Crippen LogP contribution is 2.52. The van der Waals surface area contributed by atoms with Crippen LogP contribution in [0.1, 0.15) is 10.4 Å². The van der Waals surface area contributed by atoms with Crippen LogP contribution in [0.15, 0.2) is 30.4 Å². The number of hydrogen-bond acceptors (Lipinski definition) is 6. The number of benzene rings is 1. The maximum atomic E-state index is 12.9. The molecule has 7 nitrogen and oxygen atoms in total. The lowest BCUT2D eigenvalue weighted by molar-refractivity contribution is -0.128. The second-order valence-corrected chi connectivity index (χ2v) is 6.63. The summed E-state index contributed by atoms with van der Waals surface area (Å²) in [6.45, 7) is -0.387. The van der Waals surface area contributed by atoms with E-state index in [0.717, 1.165) is 4.90 Å². The van der Waals surface area contributed by atoms with Crippen LogP contribution in [0.3, 0.4) is 0 Å². The molecule has 0 aliphatic carbocycles. The van der Waals surface area contributed by atoms with Crippen molar-refractivity contribution in [1.82, 2.24) is 0 Å². The molecule has 4 rings (SSSR count). The third-order valence-corrected chi connectivity index (χ3v) is 5.35. The van der Waals surface area contributed by atoms with Gasteiger partial charge < -0.3 is 14.6 Å². The molecular formula is C17H14ClNO6. The lowest BCUT2D eigenvalue weighted by Gasteiger charge is -2.26. The van der Waals surface area contributed by atoms with Crippen molar-refractivity contribution in [3.8, 4) is 0 Å². The molecule has 2 fully saturated rings. The van der Waals surface area contributed by atoms with Crippen LogP contribution in [-0.4, -0.2) is 48.3 Å². The number of amides is 2. The number of ether oxygens (including phenoxy) is 2. The van der Waals surface area contributed by atoms with Gasteiger partial charge in [-0.1, -0.05) is 23.8 Å². The van der Waals surface area contributed by atoms with Gasteiger partial charge in [-0.05, 0) is 18.2 Å². The SMILES string of the molecule is COC(=O)c1cc(N2C(=O)[C@H]3[C@@H]4C=C[C@](CO)(O4)[C@@H]3C2=O)ccc1Cl. The van der Waals surface area contributed by atoms with E-state index in [1.54, 1.807) is 12.2 Å². The Hall–Kier alpha value is -2.22. The summed E-state index contributed by atoms with van der Waals surface area (Å²) in [4.78, 5) is 38.6. The van der Waals surface area contributed by atoms with E-state index in [1.165, 1.54) is 25.3 Å². The summed E-state index contributed by atoms with van der Waals surface area (Å²) < 4.78 is 10.3. The summed E-state index contributed by atoms with van der Waals surface area (Å²) in [6.07, 6.45) is 2.81. The summed E-state index contributed by atoms with van der Waals surface area (Å²) in [5.41, 5.74) is -0.857. The minimum Gasteiger partial charge on any atom is -0.465 e. The van der Waals surface area contributed by atoms with E-state index >= 15 is 0 Å². The lowest BCUT2D eigenvalue weighted by Crippen LogP contribution is -2.43. The van der Waals surface area contributed by atoms with Crippen molar-refractivity contribution in [3.63, 3.8) is 0 Å². The van der Waals surface area contributed by atoms with Gasteiger partial charge >= 0.3 is 5.97 Å². The summed E-state index contributed by atoms with van der Waals surface area (Å²) in [5.74, 6) is -3.01. The molecule has 2 amide bonds. The van der Waals surface area contributed by atoms with Crippen LogP contribution >= 0.6 is 11.6 Å². The normalized spacial score (nSPS) is 32.4. The first kappa shape index (κ1) is 16.3. The minimum absolute atomic E-state index is 0.0635. The minimum atomic E-state index is -1.16. The van der Waals surface area contributed by atoms with E-state index in [9.17, 15) is 19.5 Å². The Balaban J connectivity index is 1.75. The van der Waals surface area contributed by atoms with Crippen molar-refractivity contribution >= 4 is 35.1 Å². The smallest absolute Gasteiger partial charge is 0.339 e. The molecule has 130 valence electrons. The van der Waals surface area contributed by atoms with Crippen LogP contribution in [0, 0.1) is 11.8 Å². The largest absolute Gasteiger partial charge is 0.465 e. The van der Waals surface area contributed by atoms with Gasteiger partial charge in [0.1, 0.15) is 5.60 Å². The molecule has 0 saturated carbocycles. The molecule has 8 heteroatoms. The first-order valence-corrected chi connectivity index (χ1v) is 8.05. The Kier molecular flexibility index (Phi) is 3.50. The molecule has 3 aliphatic rings. The van der Waals surface area contributed by atoms with Gasteiger partial charge in [0, 0.05) is 0 Å². The zero-order valence-corrected chi connectivity index (χ0v) is 13.9. The molecule has 3 heterocycles. The number of carbonyl (C=O) groups excluding carboxylic acids is 3. The summed E-state index contributed by atoms with van der Waals surface area (Å²) in [7, 11) is 1.22. The van der Waals surface area contributed by atoms with Crippen LogP contribution in [0.4, 0.5) is 5.69 Å². The van der Waals surface area contributed by atoms with Crippen molar-refractivity contribution in [3.05, 3.63) is 40.9 Å². The number of imide groups is 1. The van der Waals surface area contributed by atoms with Gasteiger partial charge in [0.15, 0.2) is 0 Å². The predicted molar refractivity (Wildman–Crippen MR) is 86.1 cm³/mol. The molecule has 2 bridgehead atoms. The van der Waals surface area contributed by atoms with Gasteiger partial charge in [-0.2, -0.15) is 0 Å². The van der Waals surface area contributed by atoms with Crippen molar-refractivity contribution in [2.24, 2.45) is 11.8 Å². The number of anilines is 1. The third-order valence-electron chi connectivity index (χ3n) is 5.02. The lowest BCUT2D eigenvalue weighted by atomic mass is 9.77. The topological polar surface area (TPSA) is 93.1 Å². The number of rotatable bonds is 3. The number of fused-ring (bicyclic) bond motifs is 5. The standard InChI is InChI=1S/C17H14ClNO6/c1-24-16(23)9-6-8(2-3-10(9)18)19-14(21)12-11-4-5-17(7-20,25-11)13(12)15(19)22/h2-6,11-13,20H,7H2,1H3/t11-,12-,13-,17+/m0/s1. The Bertz CT molecular complexity index is 836. The number of carbonyl (C=O) groups is 3. The number of methoxy groups -OCH3 is 1. The number of esters is 1. The van der Waals surface area contributed by atoms with Crippen LogP contribution in [0.5, 0.6) is 0 Å². The molecule has 4 atom stereocenters. The third kappa shape index (κ3) is 2.03. The van der Waals surface area contributed by atoms with Gasteiger partial charge in [-0.3, -0.25) is 9.59 Å². The zero-order chi connectivity index (χ0) is 17.9. The van der Waals surface area contributed by atoms with E-state index in [4.69, 9.17) is 16.3 Å². The number of nitrogens with zero attached hydrogens (tertiary/aromatic N) is 1. The number of halogens is 1. The second-order valence-electron chi connectivity index (χ2n) is 6.23. The van der Waals surface area contributed by atoms with Crippen molar-refractivity contribution in [2.45, 2.75) is 11.7 Å². The number of hydrogen-bond donors (Lipinski definition) is 1. The van der Waals surface area contributed by atoms with Crippen LogP contribution < -0.4 is 4.90 Å². The van der Waals surface area contributed by atoms with Gasteiger partial charge in [0.2, 0.25) is 11.8 Å². The molecule has 2 saturated heterocycles. The van der Waals surface area contributed by atoms with E-state index < -0.39 is 41.3 Å². The second kappa shape index (κ2) is 5.39. The number of aliphatic hydroxyl groups is 1. The highest BCUT2D eigenvalue weighted by Gasteiger charge is 2.67. The highest BCUT2D eigenvalue weighted by molar-refractivity contribution is 6.34. The van der Waals surface area contributed by atoms with Crippen LogP contribution in [0.2, 0.25) is 5.02 Å². The summed E-state index contributed by atoms with van der Waals surface area (Å²) in [6, 6.07) is 4.28. The molecular weight excluding hydrogens is 350 g/mol. The van der Waals surface area contributed by atoms with E-state index in [1.807, 2.05) is 0 Å². The molecule has 25 heavy (non-hydrogen) atoms. The van der Waals surface area contributed by atoms with Gasteiger partial charge in [-0.25, -0.2) is 9.69 Å². The summed E-state index contributed by atoms with van der Waals surface area (Å²) in [5, 5.41) is 9.86. The molecule has 1 aromatic carbocycles. The van der Waals surface area contributed by atoms with Crippen molar-refractivity contribution < 1.29 is 29.0 Å². The average molecular weight is 364 g/mol. The van der Waals surface area contributed by atoms with Crippen molar-refractivity contribution in [1.29, 1.82) is 0 Å². The zero-order valence-electron chi connectivity index (χ0n) is 13.1. The quantitative estimate of drug-likeness (QED) is 0.488. The fraction of sp³-hybridized carbons (Fsp3) is 0.353. The van der Waals surface area contributed by atoms with Crippen LogP contribution in [-0.2, 0) is 19.1 Å². The Morgan fingerprint density at radius 2 is 2.16 bits per heavy atom. The van der Waals surface area contributed by atoms with Crippen molar-refractivity contribution in [2.75, 3.05) is 18.6 Å². The fourth-order valence-corrected chi connectivity index (χ4v) is 4.05. The van der Waals surface area contributed by atoms with Gasteiger partial charge in [0.25, 0.3) is 0 Å².